The number of fused-ring (bicyclic) bond motifs is 2. The van der Waals surface area contributed by atoms with Gasteiger partial charge in [-0.25, -0.2) is 0 Å². The summed E-state index contributed by atoms with van der Waals surface area (Å²) >= 11 is 0. The van der Waals surface area contributed by atoms with E-state index in [1.807, 2.05) is 48.5 Å². The summed E-state index contributed by atoms with van der Waals surface area (Å²) in [7, 11) is 0. The minimum absolute atomic E-state index is 0.142. The second kappa shape index (κ2) is 7.37. The summed E-state index contributed by atoms with van der Waals surface area (Å²) in [5.41, 5.74) is 2.87. The van der Waals surface area contributed by atoms with E-state index in [0.717, 1.165) is 46.6 Å². The van der Waals surface area contributed by atoms with E-state index < -0.39 is 5.97 Å². The van der Waals surface area contributed by atoms with Crippen molar-refractivity contribution < 1.29 is 19.4 Å². The summed E-state index contributed by atoms with van der Waals surface area (Å²) in [6.07, 6.45) is 1.57. The van der Waals surface area contributed by atoms with Crippen molar-refractivity contribution in [2.75, 3.05) is 19.9 Å². The Bertz CT molecular complexity index is 1070. The fourth-order valence-electron chi connectivity index (χ4n) is 4.33. The third-order valence-corrected chi connectivity index (χ3v) is 5.78. The van der Waals surface area contributed by atoms with Crippen LogP contribution in [0.25, 0.3) is 10.9 Å². The van der Waals surface area contributed by atoms with Gasteiger partial charge in [0.25, 0.3) is 0 Å². The smallest absolute Gasteiger partial charge is 0.307 e. The van der Waals surface area contributed by atoms with Crippen LogP contribution in [-0.2, 0) is 4.79 Å². The molecule has 148 valence electrons. The number of ether oxygens (including phenoxy) is 2. The Balaban J connectivity index is 1.59. The summed E-state index contributed by atoms with van der Waals surface area (Å²) in [6.45, 7) is 1.56. The van der Waals surface area contributed by atoms with E-state index in [1.165, 1.54) is 0 Å². The van der Waals surface area contributed by atoms with Crippen molar-refractivity contribution in [2.45, 2.75) is 18.9 Å². The third kappa shape index (κ3) is 3.40. The summed E-state index contributed by atoms with van der Waals surface area (Å²) in [4.78, 5) is 18.8. The van der Waals surface area contributed by atoms with Gasteiger partial charge < -0.3 is 14.6 Å². The van der Waals surface area contributed by atoms with Gasteiger partial charge in [-0.05, 0) is 49.2 Å². The molecule has 2 aliphatic heterocycles. The van der Waals surface area contributed by atoms with E-state index in [2.05, 4.69) is 11.0 Å². The molecule has 2 aliphatic rings. The largest absolute Gasteiger partial charge is 0.481 e. The molecule has 29 heavy (non-hydrogen) atoms. The van der Waals surface area contributed by atoms with Crippen molar-refractivity contribution in [3.8, 4) is 11.5 Å². The van der Waals surface area contributed by atoms with Crippen LogP contribution in [0.5, 0.6) is 11.5 Å². The zero-order valence-corrected chi connectivity index (χ0v) is 16.0. The van der Waals surface area contributed by atoms with Crippen LogP contribution in [0.15, 0.2) is 54.6 Å². The van der Waals surface area contributed by atoms with Crippen LogP contribution in [0.3, 0.4) is 0 Å². The molecule has 1 fully saturated rings. The molecule has 2 aromatic carbocycles. The number of benzene rings is 2. The predicted octanol–water partition coefficient (Wildman–Crippen LogP) is 3.85. The van der Waals surface area contributed by atoms with Crippen molar-refractivity contribution in [3.05, 3.63) is 65.9 Å². The highest BCUT2D eigenvalue weighted by Gasteiger charge is 2.32. The zero-order chi connectivity index (χ0) is 19.8. The first-order valence-corrected chi connectivity index (χ1v) is 9.91. The second-order valence-corrected chi connectivity index (χ2v) is 7.62. The van der Waals surface area contributed by atoms with Gasteiger partial charge >= 0.3 is 5.97 Å². The van der Waals surface area contributed by atoms with Crippen LogP contribution >= 0.6 is 0 Å². The van der Waals surface area contributed by atoms with Gasteiger partial charge in [-0.15, -0.1) is 0 Å². The SMILES string of the molecule is O=C(O)C1CCCN(C(c2ccc3c(c2)OCO3)c2ccc3ccccc3n2)C1. The Kier molecular flexibility index (Phi) is 4.56. The van der Waals surface area contributed by atoms with E-state index in [9.17, 15) is 9.90 Å². The number of pyridine rings is 1. The molecule has 3 aromatic rings. The topological polar surface area (TPSA) is 71.9 Å². The fraction of sp³-hybridized carbons (Fsp3) is 0.304. The standard InChI is InChI=1S/C23H22N2O4/c26-23(27)17-5-3-11-25(13-17)22(16-8-10-20-21(12-16)29-14-28-20)19-9-7-15-4-1-2-6-18(15)24-19/h1-2,4,6-10,12,17,22H,3,5,11,13-14H2,(H,26,27). The molecule has 5 rings (SSSR count). The predicted molar refractivity (Wildman–Crippen MR) is 108 cm³/mol. The molecule has 0 spiro atoms. The maximum absolute atomic E-state index is 11.6. The molecule has 2 atom stereocenters. The molecule has 0 amide bonds. The van der Waals surface area contributed by atoms with Crippen molar-refractivity contribution in [1.82, 2.24) is 9.88 Å². The lowest BCUT2D eigenvalue weighted by Crippen LogP contribution is -2.41. The zero-order valence-electron chi connectivity index (χ0n) is 16.0. The lowest BCUT2D eigenvalue weighted by Gasteiger charge is -2.37. The van der Waals surface area contributed by atoms with E-state index >= 15 is 0 Å². The van der Waals surface area contributed by atoms with Gasteiger partial charge in [-0.3, -0.25) is 14.7 Å². The Morgan fingerprint density at radius 3 is 2.86 bits per heavy atom. The van der Waals surface area contributed by atoms with Crippen LogP contribution in [0, 0.1) is 5.92 Å². The fourth-order valence-corrected chi connectivity index (χ4v) is 4.33. The summed E-state index contributed by atoms with van der Waals surface area (Å²) in [5.74, 6) is 0.368. The molecular weight excluding hydrogens is 368 g/mol. The Morgan fingerprint density at radius 2 is 1.97 bits per heavy atom. The lowest BCUT2D eigenvalue weighted by molar-refractivity contribution is -0.143. The Morgan fingerprint density at radius 1 is 1.10 bits per heavy atom. The first kappa shape index (κ1) is 17.9. The van der Waals surface area contributed by atoms with E-state index in [0.29, 0.717) is 13.0 Å². The van der Waals surface area contributed by atoms with Crippen LogP contribution < -0.4 is 9.47 Å². The van der Waals surface area contributed by atoms with E-state index in [1.54, 1.807) is 0 Å². The van der Waals surface area contributed by atoms with Gasteiger partial charge in [0, 0.05) is 11.9 Å². The number of likely N-dealkylation sites (tertiary alicyclic amines) is 1. The van der Waals surface area contributed by atoms with Gasteiger partial charge in [-0.2, -0.15) is 0 Å². The van der Waals surface area contributed by atoms with Gasteiger partial charge in [0.2, 0.25) is 6.79 Å². The number of hydrogen-bond acceptors (Lipinski definition) is 5. The van der Waals surface area contributed by atoms with Crippen molar-refractivity contribution in [1.29, 1.82) is 0 Å². The molecule has 0 bridgehead atoms. The van der Waals surface area contributed by atoms with E-state index in [-0.39, 0.29) is 18.8 Å². The van der Waals surface area contributed by atoms with Crippen molar-refractivity contribution >= 4 is 16.9 Å². The van der Waals surface area contributed by atoms with Gasteiger partial charge in [0.05, 0.1) is 23.2 Å². The van der Waals surface area contributed by atoms with Crippen LogP contribution in [0.4, 0.5) is 0 Å². The number of hydrogen-bond donors (Lipinski definition) is 1. The average molecular weight is 390 g/mol. The molecule has 1 saturated heterocycles. The number of para-hydroxylation sites is 1. The molecule has 1 N–H and O–H groups in total. The molecule has 0 radical (unpaired) electrons. The third-order valence-electron chi connectivity index (χ3n) is 5.78. The number of piperidine rings is 1. The monoisotopic (exact) mass is 390 g/mol. The number of carboxylic acids is 1. The van der Waals surface area contributed by atoms with E-state index in [4.69, 9.17) is 14.5 Å². The first-order chi connectivity index (χ1) is 14.2. The van der Waals surface area contributed by atoms with Crippen LogP contribution in [0.1, 0.15) is 30.1 Å². The highest BCUT2D eigenvalue weighted by atomic mass is 16.7. The number of nitrogens with zero attached hydrogens (tertiary/aromatic N) is 2. The second-order valence-electron chi connectivity index (χ2n) is 7.62. The molecule has 2 unspecified atom stereocenters. The maximum Gasteiger partial charge on any atom is 0.307 e. The number of rotatable bonds is 4. The quantitative estimate of drug-likeness (QED) is 0.730. The molecule has 6 heteroatoms. The Hall–Kier alpha value is -3.12. The average Bonchev–Trinajstić information content (AvgIpc) is 3.22. The number of aliphatic carboxylic acids is 1. The van der Waals surface area contributed by atoms with Crippen molar-refractivity contribution in [3.63, 3.8) is 0 Å². The highest BCUT2D eigenvalue weighted by molar-refractivity contribution is 5.78. The number of aromatic nitrogens is 1. The minimum atomic E-state index is -0.731. The van der Waals surface area contributed by atoms with Crippen molar-refractivity contribution in [2.24, 2.45) is 5.92 Å². The normalized spacial score (nSPS) is 19.9. The number of carboxylic acid groups (broad SMARTS) is 1. The summed E-state index contributed by atoms with van der Waals surface area (Å²) in [5, 5.41) is 10.7. The molecule has 6 nitrogen and oxygen atoms in total. The molecule has 1 aromatic heterocycles. The van der Waals surface area contributed by atoms with Gasteiger partial charge in [0.15, 0.2) is 11.5 Å². The molecule has 0 saturated carbocycles. The van der Waals surface area contributed by atoms with Gasteiger partial charge in [-0.1, -0.05) is 30.3 Å². The molecule has 0 aliphatic carbocycles. The van der Waals surface area contributed by atoms with Crippen LogP contribution in [-0.4, -0.2) is 40.8 Å². The maximum atomic E-state index is 11.6. The first-order valence-electron chi connectivity index (χ1n) is 9.91. The highest BCUT2D eigenvalue weighted by Crippen LogP contribution is 2.39. The Labute approximate surface area is 168 Å². The minimum Gasteiger partial charge on any atom is -0.481 e. The lowest BCUT2D eigenvalue weighted by atomic mass is 9.93. The number of carbonyl (C=O) groups is 1. The van der Waals surface area contributed by atoms with Crippen LogP contribution in [0.2, 0.25) is 0 Å². The molecular formula is C23H22N2O4. The summed E-state index contributed by atoms with van der Waals surface area (Å²) < 4.78 is 11.0. The van der Waals surface area contributed by atoms with Gasteiger partial charge in [0.1, 0.15) is 0 Å². The molecule has 3 heterocycles. The summed E-state index contributed by atoms with van der Waals surface area (Å²) in [6, 6.07) is 18.0.